The van der Waals surface area contributed by atoms with Gasteiger partial charge < -0.3 is 14.6 Å². The van der Waals surface area contributed by atoms with Crippen molar-refractivity contribution in [3.05, 3.63) is 60.2 Å². The zero-order valence-electron chi connectivity index (χ0n) is 14.1. The quantitative estimate of drug-likeness (QED) is 0.709. The van der Waals surface area contributed by atoms with E-state index < -0.39 is 18.4 Å². The van der Waals surface area contributed by atoms with Crippen LogP contribution in [0, 0.1) is 0 Å². The zero-order chi connectivity index (χ0) is 18.1. The van der Waals surface area contributed by atoms with Crippen molar-refractivity contribution in [3.8, 4) is 5.75 Å². The molecule has 0 heterocycles. The van der Waals surface area contributed by atoms with E-state index in [0.29, 0.717) is 30.2 Å². The summed E-state index contributed by atoms with van der Waals surface area (Å²) in [7, 11) is 1.62. The minimum atomic E-state index is -1.08. The molecule has 0 saturated heterocycles. The number of carbonyl (C=O) groups is 2. The number of hydrogen-bond donors (Lipinski definition) is 1. The van der Waals surface area contributed by atoms with E-state index in [1.807, 2.05) is 0 Å². The Bertz CT molecular complexity index is 702. The van der Waals surface area contributed by atoms with Crippen LogP contribution in [-0.4, -0.2) is 43.9 Å². The van der Waals surface area contributed by atoms with Gasteiger partial charge in [0.25, 0.3) is 5.91 Å². The number of anilines is 1. The van der Waals surface area contributed by atoms with Gasteiger partial charge in [-0.05, 0) is 30.3 Å². The highest BCUT2D eigenvalue weighted by Gasteiger charge is 2.20. The first kappa shape index (κ1) is 18.5. The molecule has 0 aromatic heterocycles. The van der Waals surface area contributed by atoms with Crippen LogP contribution in [0.1, 0.15) is 16.8 Å². The second kappa shape index (κ2) is 9.44. The van der Waals surface area contributed by atoms with E-state index in [0.717, 1.165) is 6.42 Å². The molecule has 0 spiro atoms. The van der Waals surface area contributed by atoms with Gasteiger partial charge in [0.05, 0.1) is 6.61 Å². The molecule has 0 aliphatic heterocycles. The molecule has 0 saturated carbocycles. The molecule has 2 aromatic rings. The maximum absolute atomic E-state index is 12.8. The summed E-state index contributed by atoms with van der Waals surface area (Å²) in [6.07, 6.45) is 0.740. The molecular formula is C19H21NO5. The van der Waals surface area contributed by atoms with E-state index in [4.69, 9.17) is 14.6 Å². The van der Waals surface area contributed by atoms with Crippen molar-refractivity contribution in [2.75, 3.05) is 31.8 Å². The summed E-state index contributed by atoms with van der Waals surface area (Å²) in [6, 6.07) is 15.4. The number of hydrogen-bond acceptors (Lipinski definition) is 4. The third-order valence-corrected chi connectivity index (χ3v) is 3.45. The van der Waals surface area contributed by atoms with Gasteiger partial charge in [-0.25, -0.2) is 0 Å². The lowest BCUT2D eigenvalue weighted by Crippen LogP contribution is -2.35. The van der Waals surface area contributed by atoms with Crippen LogP contribution in [0.2, 0.25) is 0 Å². The molecule has 0 radical (unpaired) electrons. The van der Waals surface area contributed by atoms with E-state index in [-0.39, 0.29) is 0 Å². The molecule has 6 nitrogen and oxygen atoms in total. The van der Waals surface area contributed by atoms with Crippen LogP contribution < -0.4 is 9.64 Å². The second-order valence-electron chi connectivity index (χ2n) is 5.34. The SMILES string of the molecule is COCCCOc1cccc(C(=O)N(CC(=O)O)c2ccccc2)c1. The molecule has 1 N–H and O–H groups in total. The van der Waals surface area contributed by atoms with Crippen LogP contribution in [0.4, 0.5) is 5.69 Å². The van der Waals surface area contributed by atoms with E-state index in [1.165, 1.54) is 4.90 Å². The number of aliphatic carboxylic acids is 1. The predicted octanol–water partition coefficient (Wildman–Crippen LogP) is 2.83. The molecule has 0 bridgehead atoms. The van der Waals surface area contributed by atoms with Crippen LogP contribution in [0.25, 0.3) is 0 Å². The highest BCUT2D eigenvalue weighted by molar-refractivity contribution is 6.08. The van der Waals surface area contributed by atoms with Crippen LogP contribution in [0.3, 0.4) is 0 Å². The Morgan fingerprint density at radius 2 is 1.80 bits per heavy atom. The van der Waals surface area contributed by atoms with Crippen molar-refractivity contribution in [2.45, 2.75) is 6.42 Å². The molecule has 2 rings (SSSR count). The number of benzene rings is 2. The number of para-hydroxylation sites is 1. The lowest BCUT2D eigenvalue weighted by Gasteiger charge is -2.21. The largest absolute Gasteiger partial charge is 0.493 e. The van der Waals surface area contributed by atoms with Gasteiger partial charge in [-0.2, -0.15) is 0 Å². The number of rotatable bonds is 9. The van der Waals surface area contributed by atoms with Crippen molar-refractivity contribution < 1.29 is 24.2 Å². The summed E-state index contributed by atoms with van der Waals surface area (Å²) in [6.45, 7) is 0.657. The summed E-state index contributed by atoms with van der Waals surface area (Å²) in [4.78, 5) is 25.2. The predicted molar refractivity (Wildman–Crippen MR) is 94.2 cm³/mol. The Hall–Kier alpha value is -2.86. The van der Waals surface area contributed by atoms with E-state index in [9.17, 15) is 9.59 Å². The minimum absolute atomic E-state index is 0.370. The summed E-state index contributed by atoms with van der Waals surface area (Å²) in [5, 5.41) is 9.13. The van der Waals surface area contributed by atoms with E-state index in [2.05, 4.69) is 0 Å². The number of carboxylic acids is 1. The summed E-state index contributed by atoms with van der Waals surface area (Å²) in [5.41, 5.74) is 0.899. The Balaban J connectivity index is 2.17. The average molecular weight is 343 g/mol. The average Bonchev–Trinajstić information content (AvgIpc) is 2.63. The fourth-order valence-electron chi connectivity index (χ4n) is 2.29. The van der Waals surface area contributed by atoms with Crippen LogP contribution in [0.5, 0.6) is 5.75 Å². The summed E-state index contributed by atoms with van der Waals surface area (Å²) < 4.78 is 10.6. The highest BCUT2D eigenvalue weighted by Crippen LogP contribution is 2.20. The van der Waals surface area contributed by atoms with Crippen molar-refractivity contribution in [1.82, 2.24) is 0 Å². The first-order valence-electron chi connectivity index (χ1n) is 7.92. The molecule has 0 unspecified atom stereocenters. The molecule has 0 aliphatic carbocycles. The van der Waals surface area contributed by atoms with Crippen LogP contribution >= 0.6 is 0 Å². The van der Waals surface area contributed by atoms with Crippen molar-refractivity contribution >= 4 is 17.6 Å². The number of carbonyl (C=O) groups excluding carboxylic acids is 1. The van der Waals surface area contributed by atoms with Gasteiger partial charge in [0.1, 0.15) is 12.3 Å². The number of ether oxygens (including phenoxy) is 2. The zero-order valence-corrected chi connectivity index (χ0v) is 14.1. The minimum Gasteiger partial charge on any atom is -0.493 e. The molecular weight excluding hydrogens is 322 g/mol. The van der Waals surface area contributed by atoms with Gasteiger partial charge in [0.15, 0.2) is 0 Å². The second-order valence-corrected chi connectivity index (χ2v) is 5.34. The lowest BCUT2D eigenvalue weighted by molar-refractivity contribution is -0.135. The van der Waals surface area contributed by atoms with Gasteiger partial charge >= 0.3 is 5.97 Å². The fourth-order valence-corrected chi connectivity index (χ4v) is 2.29. The Kier molecular flexibility index (Phi) is 6.98. The number of methoxy groups -OCH3 is 1. The molecule has 0 atom stereocenters. The molecule has 0 aliphatic rings. The first-order chi connectivity index (χ1) is 12.1. The van der Waals surface area contributed by atoms with E-state index in [1.54, 1.807) is 61.7 Å². The molecule has 0 fully saturated rings. The summed E-state index contributed by atoms with van der Waals surface area (Å²) >= 11 is 0. The third kappa shape index (κ3) is 5.61. The standard InChI is InChI=1S/C19H21NO5/c1-24-11-6-12-25-17-10-5-7-15(13-17)19(23)20(14-18(21)22)16-8-3-2-4-9-16/h2-5,7-10,13H,6,11-12,14H2,1H3,(H,21,22). The fraction of sp³-hybridized carbons (Fsp3) is 0.263. The number of amides is 1. The Morgan fingerprint density at radius 3 is 2.48 bits per heavy atom. The molecule has 6 heteroatoms. The first-order valence-corrected chi connectivity index (χ1v) is 7.92. The molecule has 132 valence electrons. The van der Waals surface area contributed by atoms with E-state index >= 15 is 0 Å². The van der Waals surface area contributed by atoms with Gasteiger partial charge in [-0.15, -0.1) is 0 Å². The molecule has 2 aromatic carbocycles. The molecule has 1 amide bonds. The lowest BCUT2D eigenvalue weighted by atomic mass is 10.1. The number of nitrogens with zero attached hydrogens (tertiary/aromatic N) is 1. The van der Waals surface area contributed by atoms with Gasteiger partial charge in [-0.1, -0.05) is 24.3 Å². The topological polar surface area (TPSA) is 76.1 Å². The molecule has 25 heavy (non-hydrogen) atoms. The van der Waals surface area contributed by atoms with Gasteiger partial charge in [0.2, 0.25) is 0 Å². The van der Waals surface area contributed by atoms with Crippen molar-refractivity contribution in [1.29, 1.82) is 0 Å². The maximum atomic E-state index is 12.8. The summed E-state index contributed by atoms with van der Waals surface area (Å²) in [5.74, 6) is -0.912. The maximum Gasteiger partial charge on any atom is 0.323 e. The highest BCUT2D eigenvalue weighted by atomic mass is 16.5. The normalized spacial score (nSPS) is 10.3. The Labute approximate surface area is 146 Å². The van der Waals surface area contributed by atoms with Gasteiger partial charge in [-0.3, -0.25) is 14.5 Å². The number of carboxylic acid groups (broad SMARTS) is 1. The smallest absolute Gasteiger partial charge is 0.323 e. The van der Waals surface area contributed by atoms with Gasteiger partial charge in [0, 0.05) is 31.4 Å². The van der Waals surface area contributed by atoms with Crippen molar-refractivity contribution in [2.24, 2.45) is 0 Å². The monoisotopic (exact) mass is 343 g/mol. The van der Waals surface area contributed by atoms with Crippen LogP contribution in [-0.2, 0) is 9.53 Å². The Morgan fingerprint density at radius 1 is 1.04 bits per heavy atom. The van der Waals surface area contributed by atoms with Crippen molar-refractivity contribution in [3.63, 3.8) is 0 Å². The van der Waals surface area contributed by atoms with Crippen LogP contribution in [0.15, 0.2) is 54.6 Å². The third-order valence-electron chi connectivity index (χ3n) is 3.45.